The molecule has 4 heterocycles. The number of rotatable bonds is 8. The van der Waals surface area contributed by atoms with Gasteiger partial charge in [-0.1, -0.05) is 6.92 Å². The van der Waals surface area contributed by atoms with Crippen LogP contribution in [0.25, 0.3) is 16.8 Å². The highest BCUT2D eigenvalue weighted by Gasteiger charge is 2.40. The van der Waals surface area contributed by atoms with Crippen molar-refractivity contribution in [3.63, 3.8) is 0 Å². The summed E-state index contributed by atoms with van der Waals surface area (Å²) in [5, 5.41) is 7.23. The van der Waals surface area contributed by atoms with Crippen molar-refractivity contribution in [2.24, 2.45) is 11.7 Å². The highest BCUT2D eigenvalue weighted by Crippen LogP contribution is 2.41. The minimum Gasteiger partial charge on any atom is -0.381 e. The molecule has 0 spiro atoms. The summed E-state index contributed by atoms with van der Waals surface area (Å²) in [7, 11) is -3.29. The molecule has 2 aliphatic rings. The fraction of sp³-hybridized carbons (Fsp3) is 0.452. The van der Waals surface area contributed by atoms with Crippen molar-refractivity contribution in [3.05, 3.63) is 71.7 Å². The molecular weight excluding hydrogens is 590 g/mol. The quantitative estimate of drug-likeness (QED) is 0.284. The average molecular weight is 627 g/mol. The molecule has 10 nitrogen and oxygen atoms in total. The number of halogens is 2. The van der Waals surface area contributed by atoms with Gasteiger partial charge < -0.3 is 20.5 Å². The van der Waals surface area contributed by atoms with E-state index in [9.17, 15) is 8.42 Å². The summed E-state index contributed by atoms with van der Waals surface area (Å²) in [5.74, 6) is -1.26. The number of sulfone groups is 1. The lowest BCUT2D eigenvalue weighted by Gasteiger charge is -2.38. The van der Waals surface area contributed by atoms with Crippen LogP contribution in [0, 0.1) is 17.6 Å². The summed E-state index contributed by atoms with van der Waals surface area (Å²) in [5.41, 5.74) is 8.87. The fourth-order valence-electron chi connectivity index (χ4n) is 6.66. The molecule has 234 valence electrons. The van der Waals surface area contributed by atoms with Crippen molar-refractivity contribution in [1.82, 2.24) is 19.6 Å². The number of fused-ring (bicyclic) bond motifs is 1. The van der Waals surface area contributed by atoms with Gasteiger partial charge in [-0.15, -0.1) is 0 Å². The molecule has 0 amide bonds. The number of benzene rings is 1. The van der Waals surface area contributed by atoms with Crippen LogP contribution in [-0.4, -0.2) is 64.9 Å². The zero-order valence-corrected chi connectivity index (χ0v) is 25.4. The van der Waals surface area contributed by atoms with Gasteiger partial charge >= 0.3 is 0 Å². The van der Waals surface area contributed by atoms with E-state index in [4.69, 9.17) is 15.2 Å². The summed E-state index contributed by atoms with van der Waals surface area (Å²) < 4.78 is 68.0. The van der Waals surface area contributed by atoms with Crippen LogP contribution in [0.1, 0.15) is 49.7 Å². The lowest BCUT2D eigenvalue weighted by atomic mass is 9.76. The number of imidazole rings is 1. The van der Waals surface area contributed by atoms with Crippen molar-refractivity contribution >= 4 is 27.0 Å². The SMILES string of the molecule is CC1CC(c2ccncc2Nc2ncc3ccc(-c4c(F)cc(COC5CCOCC5)cc4F)nn23)CC(N)C1S(C)(=O)=O. The Kier molecular flexibility index (Phi) is 8.64. The monoisotopic (exact) mass is 626 g/mol. The molecule has 3 aromatic heterocycles. The van der Waals surface area contributed by atoms with Crippen LogP contribution < -0.4 is 11.1 Å². The molecule has 1 aliphatic carbocycles. The van der Waals surface area contributed by atoms with Crippen LogP contribution in [0.4, 0.5) is 20.4 Å². The van der Waals surface area contributed by atoms with Gasteiger partial charge in [-0.3, -0.25) is 4.98 Å². The number of nitrogens with one attached hydrogen (secondary N) is 1. The molecular formula is C31H36F2N6O4S. The van der Waals surface area contributed by atoms with Gasteiger partial charge in [0, 0.05) is 31.7 Å². The van der Waals surface area contributed by atoms with Crippen molar-refractivity contribution in [3.8, 4) is 11.3 Å². The third-order valence-electron chi connectivity index (χ3n) is 8.63. The third kappa shape index (κ3) is 6.32. The zero-order chi connectivity index (χ0) is 31.0. The normalized spacial score (nSPS) is 23.2. The predicted molar refractivity (Wildman–Crippen MR) is 162 cm³/mol. The summed E-state index contributed by atoms with van der Waals surface area (Å²) in [6, 6.07) is 7.20. The molecule has 44 heavy (non-hydrogen) atoms. The van der Waals surface area contributed by atoms with Gasteiger partial charge in [-0.25, -0.2) is 22.2 Å². The van der Waals surface area contributed by atoms with Crippen LogP contribution in [0.5, 0.6) is 0 Å². The van der Waals surface area contributed by atoms with Crippen molar-refractivity contribution in [2.45, 2.75) is 62.5 Å². The number of hydrogen-bond donors (Lipinski definition) is 2. The molecule has 13 heteroatoms. The molecule has 1 aliphatic heterocycles. The number of anilines is 2. The molecule has 2 fully saturated rings. The number of hydrogen-bond acceptors (Lipinski definition) is 9. The Hall–Kier alpha value is -3.52. The zero-order valence-electron chi connectivity index (χ0n) is 24.6. The smallest absolute Gasteiger partial charge is 0.229 e. The van der Waals surface area contributed by atoms with Crippen LogP contribution in [0.3, 0.4) is 0 Å². The first kappa shape index (κ1) is 30.5. The van der Waals surface area contributed by atoms with E-state index in [2.05, 4.69) is 20.4 Å². The van der Waals surface area contributed by atoms with Gasteiger partial charge in [0.2, 0.25) is 5.95 Å². The second kappa shape index (κ2) is 12.5. The topological polar surface area (TPSA) is 134 Å². The molecule has 3 N–H and O–H groups in total. The van der Waals surface area contributed by atoms with Crippen LogP contribution in [0.15, 0.2) is 48.9 Å². The van der Waals surface area contributed by atoms with E-state index in [0.29, 0.717) is 48.8 Å². The van der Waals surface area contributed by atoms with Crippen molar-refractivity contribution < 1.29 is 26.7 Å². The first-order valence-electron chi connectivity index (χ1n) is 14.8. The second-order valence-corrected chi connectivity index (χ2v) is 14.1. The second-order valence-electron chi connectivity index (χ2n) is 11.9. The molecule has 4 unspecified atom stereocenters. The lowest BCUT2D eigenvalue weighted by Crippen LogP contribution is -2.48. The molecule has 1 aromatic carbocycles. The van der Waals surface area contributed by atoms with Gasteiger partial charge in [-0.2, -0.15) is 9.61 Å². The summed E-state index contributed by atoms with van der Waals surface area (Å²) in [4.78, 5) is 8.73. The number of aromatic nitrogens is 4. The first-order chi connectivity index (χ1) is 21.1. The minimum absolute atomic E-state index is 0.00428. The summed E-state index contributed by atoms with van der Waals surface area (Å²) in [6.07, 6.45) is 8.86. The highest BCUT2D eigenvalue weighted by molar-refractivity contribution is 7.91. The highest BCUT2D eigenvalue weighted by atomic mass is 32.2. The Morgan fingerprint density at radius 1 is 1.11 bits per heavy atom. The molecule has 1 saturated heterocycles. The summed E-state index contributed by atoms with van der Waals surface area (Å²) in [6.45, 7) is 3.26. The lowest BCUT2D eigenvalue weighted by molar-refractivity contribution is -0.0391. The van der Waals surface area contributed by atoms with E-state index in [1.165, 1.54) is 22.9 Å². The Morgan fingerprint density at radius 2 is 1.86 bits per heavy atom. The minimum atomic E-state index is -3.29. The maximum absolute atomic E-state index is 15.3. The molecule has 1 saturated carbocycles. The molecule has 4 atom stereocenters. The van der Waals surface area contributed by atoms with Gasteiger partial charge in [-0.05, 0) is 79.0 Å². The maximum Gasteiger partial charge on any atom is 0.229 e. The van der Waals surface area contributed by atoms with Gasteiger partial charge in [0.15, 0.2) is 9.84 Å². The Balaban J connectivity index is 1.25. The molecule has 0 bridgehead atoms. The average Bonchev–Trinajstić information content (AvgIpc) is 3.37. The fourth-order valence-corrected chi connectivity index (χ4v) is 8.36. The van der Waals surface area contributed by atoms with Gasteiger partial charge in [0.25, 0.3) is 0 Å². The Labute approximate surface area is 254 Å². The Morgan fingerprint density at radius 3 is 2.57 bits per heavy atom. The predicted octanol–water partition coefficient (Wildman–Crippen LogP) is 4.76. The number of nitrogens with zero attached hydrogens (tertiary/aromatic N) is 4. The van der Waals surface area contributed by atoms with Crippen molar-refractivity contribution in [1.29, 1.82) is 0 Å². The van der Waals surface area contributed by atoms with Crippen LogP contribution in [0.2, 0.25) is 0 Å². The van der Waals surface area contributed by atoms with Gasteiger partial charge in [0.1, 0.15) is 11.6 Å². The number of pyridine rings is 1. The molecule has 4 aromatic rings. The Bertz CT molecular complexity index is 1730. The van der Waals surface area contributed by atoms with E-state index in [1.807, 2.05) is 13.0 Å². The van der Waals surface area contributed by atoms with Crippen LogP contribution >= 0.6 is 0 Å². The molecule has 0 radical (unpaired) electrons. The summed E-state index contributed by atoms with van der Waals surface area (Å²) >= 11 is 0. The van der Waals surface area contributed by atoms with Crippen LogP contribution in [-0.2, 0) is 25.9 Å². The number of nitrogens with two attached hydrogens (primary N) is 1. The van der Waals surface area contributed by atoms with E-state index in [-0.39, 0.29) is 35.8 Å². The van der Waals surface area contributed by atoms with E-state index in [1.54, 1.807) is 30.7 Å². The standard InChI is InChI=1S/C31H36F2N6O4S/c1-18-11-20(14-26(34)30(18)44(2,40)41)23-5-8-35-16-28(23)37-31-36-15-21-3-4-27(38-39(21)31)29-24(32)12-19(13-25(29)33)17-43-22-6-9-42-10-7-22/h3-5,8,12-13,15-16,18,20,22,26,30H,6-7,9-11,14,17,34H2,1-2H3,(H,36,37). The van der Waals surface area contributed by atoms with E-state index in [0.717, 1.165) is 18.4 Å². The van der Waals surface area contributed by atoms with E-state index < -0.39 is 32.8 Å². The third-order valence-corrected chi connectivity index (χ3v) is 10.4. The maximum atomic E-state index is 15.3. The van der Waals surface area contributed by atoms with E-state index >= 15 is 8.78 Å². The first-order valence-corrected chi connectivity index (χ1v) is 16.7. The van der Waals surface area contributed by atoms with Gasteiger partial charge in [0.05, 0.1) is 52.8 Å². The molecule has 6 rings (SSSR count). The number of ether oxygens (including phenoxy) is 2. The largest absolute Gasteiger partial charge is 0.381 e. The van der Waals surface area contributed by atoms with Crippen molar-refractivity contribution in [2.75, 3.05) is 24.8 Å².